The van der Waals surface area contributed by atoms with E-state index in [0.717, 1.165) is 0 Å². The normalized spacial score (nSPS) is 15.0. The highest BCUT2D eigenvalue weighted by Gasteiger charge is 2.91. The Morgan fingerprint density at radius 1 is 0.731 bits per heavy atom. The average Bonchev–Trinajstić information content (AvgIpc) is 2.38. The molecule has 0 radical (unpaired) electrons. The summed E-state index contributed by atoms with van der Waals surface area (Å²) in [6, 6.07) is 0. The number of alkyl halides is 13. The highest BCUT2D eigenvalue weighted by Crippen LogP contribution is 2.66. The lowest BCUT2D eigenvalue weighted by Gasteiger charge is -2.45. The molecule has 0 unspecified atom stereocenters. The van der Waals surface area contributed by atoms with Crippen molar-refractivity contribution in [3.05, 3.63) is 12.7 Å². The zero-order valence-electron chi connectivity index (χ0n) is 11.9. The highest BCUT2D eigenvalue weighted by molar-refractivity contribution is 5.81. The van der Waals surface area contributed by atoms with Crippen LogP contribution in [0.3, 0.4) is 0 Å². The van der Waals surface area contributed by atoms with Gasteiger partial charge in [-0.05, 0) is 0 Å². The van der Waals surface area contributed by atoms with E-state index in [1.165, 1.54) is 0 Å². The summed E-state index contributed by atoms with van der Waals surface area (Å²) >= 11 is 0. The van der Waals surface area contributed by atoms with Gasteiger partial charge in [0.2, 0.25) is 5.41 Å². The van der Waals surface area contributed by atoms with Gasteiger partial charge in [-0.2, -0.15) is 57.1 Å². The lowest BCUT2D eigenvalue weighted by atomic mass is 9.73. The predicted molar refractivity (Wildman–Crippen MR) is 56.3 cm³/mol. The Balaban J connectivity index is 6.56. The molecule has 0 amide bonds. The Morgan fingerprint density at radius 3 is 1.38 bits per heavy atom. The van der Waals surface area contributed by atoms with Crippen molar-refractivity contribution in [1.29, 1.82) is 0 Å². The average molecular weight is 418 g/mol. The summed E-state index contributed by atoms with van der Waals surface area (Å²) in [5.41, 5.74) is -6.87. The molecule has 0 saturated carbocycles. The maximum absolute atomic E-state index is 13.5. The molecule has 0 aromatic carbocycles. The van der Waals surface area contributed by atoms with Gasteiger partial charge in [0.15, 0.2) is 0 Å². The molecular weight excluding hydrogens is 411 g/mol. The first-order valence-corrected chi connectivity index (χ1v) is 5.95. The number of hydrogen-bond donors (Lipinski definition) is 0. The van der Waals surface area contributed by atoms with E-state index in [2.05, 4.69) is 11.3 Å². The van der Waals surface area contributed by atoms with Crippen LogP contribution in [0.4, 0.5) is 57.1 Å². The van der Waals surface area contributed by atoms with Crippen molar-refractivity contribution in [3.63, 3.8) is 0 Å². The van der Waals surface area contributed by atoms with Crippen molar-refractivity contribution in [1.82, 2.24) is 0 Å². The van der Waals surface area contributed by atoms with Crippen molar-refractivity contribution in [2.45, 2.75) is 36.8 Å². The Kier molecular flexibility index (Phi) is 6.35. The first kappa shape index (κ1) is 24.3. The van der Waals surface area contributed by atoms with Gasteiger partial charge in [0.1, 0.15) is 0 Å². The molecule has 0 aromatic heterocycles. The summed E-state index contributed by atoms with van der Waals surface area (Å²) in [6.45, 7) is 0.457. The second-order valence-electron chi connectivity index (χ2n) is 4.67. The third-order valence-electron chi connectivity index (χ3n) is 3.14. The van der Waals surface area contributed by atoms with Crippen molar-refractivity contribution in [2.24, 2.45) is 5.41 Å². The Labute approximate surface area is 135 Å². The monoisotopic (exact) mass is 418 g/mol. The molecule has 0 heterocycles. The molecule has 2 nitrogen and oxygen atoms in total. The molecule has 154 valence electrons. The molecule has 0 bridgehead atoms. The van der Waals surface area contributed by atoms with Gasteiger partial charge in [-0.1, -0.05) is 6.58 Å². The minimum absolute atomic E-state index is 0.172. The van der Waals surface area contributed by atoms with Crippen LogP contribution in [0.5, 0.6) is 0 Å². The van der Waals surface area contributed by atoms with E-state index < -0.39 is 54.8 Å². The molecule has 15 heteroatoms. The Bertz CT molecular complexity index is 512. The van der Waals surface area contributed by atoms with E-state index in [9.17, 15) is 61.9 Å². The van der Waals surface area contributed by atoms with Crippen LogP contribution in [0.2, 0.25) is 0 Å². The molecule has 0 aliphatic carbocycles. The molecule has 0 atom stereocenters. The largest absolute Gasteiger partial charge is 0.463 e. The van der Waals surface area contributed by atoms with Crippen LogP contribution in [0, 0.1) is 5.41 Å². The SMILES string of the molecule is C=CC(=O)OCCC(C(F)(F)F)(C(F)(F)F)C(F)(F)C(F)(F)C(F)(F)F. The third-order valence-corrected chi connectivity index (χ3v) is 3.14. The van der Waals surface area contributed by atoms with Crippen LogP contribution in [-0.2, 0) is 9.53 Å². The molecule has 0 N–H and O–H groups in total. The number of carbonyl (C=O) groups excluding carboxylic acids is 1. The van der Waals surface area contributed by atoms with Gasteiger partial charge >= 0.3 is 36.3 Å². The maximum Gasteiger partial charge on any atom is 0.459 e. The van der Waals surface area contributed by atoms with Crippen molar-refractivity contribution >= 4 is 5.97 Å². The van der Waals surface area contributed by atoms with Gasteiger partial charge in [0.05, 0.1) is 6.61 Å². The van der Waals surface area contributed by atoms with E-state index in [0.29, 0.717) is 0 Å². The molecular formula is C11H7F13O2. The van der Waals surface area contributed by atoms with Gasteiger partial charge in [0.25, 0.3) is 0 Å². The lowest BCUT2D eigenvalue weighted by molar-refractivity contribution is -0.462. The summed E-state index contributed by atoms with van der Waals surface area (Å²) in [4.78, 5) is 10.6. The third kappa shape index (κ3) is 3.70. The minimum atomic E-state index is -7.73. The minimum Gasteiger partial charge on any atom is -0.463 e. The Hall–Kier alpha value is -1.70. The molecule has 0 saturated heterocycles. The van der Waals surface area contributed by atoms with Crippen LogP contribution in [0.15, 0.2) is 12.7 Å². The topological polar surface area (TPSA) is 26.3 Å². The number of ether oxygens (including phenoxy) is 1. The first-order chi connectivity index (χ1) is 11.2. The second-order valence-corrected chi connectivity index (χ2v) is 4.67. The van der Waals surface area contributed by atoms with Crippen molar-refractivity contribution < 1.29 is 66.6 Å². The standard InChI is InChI=1S/C11H7F13O2/c1-2-5(25)26-4-3-6(9(16,17)18,10(19,20)21)7(12,13)8(14,15)11(22,23)24/h2H,1,3-4H2. The maximum atomic E-state index is 13.5. The zero-order chi connectivity index (χ0) is 21.4. The zero-order valence-corrected chi connectivity index (χ0v) is 11.9. The molecule has 0 fully saturated rings. The quantitative estimate of drug-likeness (QED) is 0.343. The summed E-state index contributed by atoms with van der Waals surface area (Å²) in [5.74, 6) is -17.2. The number of esters is 1. The van der Waals surface area contributed by atoms with Crippen molar-refractivity contribution in [3.8, 4) is 0 Å². The number of halogens is 13. The fourth-order valence-electron chi connectivity index (χ4n) is 1.77. The lowest BCUT2D eigenvalue weighted by Crippen LogP contribution is -2.70. The summed E-state index contributed by atoms with van der Waals surface area (Å²) in [6.07, 6.45) is -25.1. The fourth-order valence-corrected chi connectivity index (χ4v) is 1.77. The summed E-state index contributed by atoms with van der Waals surface area (Å²) < 4.78 is 170. The van der Waals surface area contributed by atoms with Gasteiger partial charge in [-0.15, -0.1) is 0 Å². The van der Waals surface area contributed by atoms with Crippen LogP contribution in [0.25, 0.3) is 0 Å². The molecule has 0 rings (SSSR count). The highest BCUT2D eigenvalue weighted by atomic mass is 19.4. The van der Waals surface area contributed by atoms with Crippen LogP contribution >= 0.6 is 0 Å². The van der Waals surface area contributed by atoms with E-state index >= 15 is 0 Å². The van der Waals surface area contributed by atoms with Gasteiger partial charge in [-0.3, -0.25) is 0 Å². The molecule has 0 aliphatic rings. The van der Waals surface area contributed by atoms with Crippen LogP contribution in [-0.4, -0.2) is 43.0 Å². The first-order valence-electron chi connectivity index (χ1n) is 5.95. The van der Waals surface area contributed by atoms with E-state index in [-0.39, 0.29) is 6.08 Å². The van der Waals surface area contributed by atoms with Gasteiger partial charge in [0, 0.05) is 12.5 Å². The number of carbonyl (C=O) groups is 1. The number of hydrogen-bond acceptors (Lipinski definition) is 2. The van der Waals surface area contributed by atoms with E-state index in [4.69, 9.17) is 0 Å². The summed E-state index contributed by atoms with van der Waals surface area (Å²) in [5, 5.41) is 0. The van der Waals surface area contributed by atoms with Crippen LogP contribution < -0.4 is 0 Å². The Morgan fingerprint density at radius 2 is 1.12 bits per heavy atom. The van der Waals surface area contributed by atoms with Gasteiger partial charge < -0.3 is 4.74 Å². The smallest absolute Gasteiger partial charge is 0.459 e. The second kappa shape index (κ2) is 6.79. The van der Waals surface area contributed by atoms with Crippen LogP contribution in [0.1, 0.15) is 6.42 Å². The molecule has 0 aromatic rings. The molecule has 26 heavy (non-hydrogen) atoms. The van der Waals surface area contributed by atoms with E-state index in [1.54, 1.807) is 0 Å². The number of rotatable bonds is 6. The summed E-state index contributed by atoms with van der Waals surface area (Å²) in [7, 11) is 0. The molecule has 0 aliphatic heterocycles. The van der Waals surface area contributed by atoms with E-state index in [1.807, 2.05) is 0 Å². The predicted octanol–water partition coefficient (Wildman–Crippen LogP) is 5.05. The molecule has 0 spiro atoms. The van der Waals surface area contributed by atoms with Crippen molar-refractivity contribution in [2.75, 3.05) is 6.61 Å². The fraction of sp³-hybridized carbons (Fsp3) is 0.727. The van der Waals surface area contributed by atoms with Gasteiger partial charge in [-0.25, -0.2) is 4.79 Å².